The van der Waals surface area contributed by atoms with Crippen molar-refractivity contribution in [3.05, 3.63) is 11.5 Å². The predicted molar refractivity (Wildman–Crippen MR) is 64.7 cm³/mol. The second-order valence-corrected chi connectivity index (χ2v) is 5.69. The van der Waals surface area contributed by atoms with E-state index in [4.69, 9.17) is 9.31 Å². The van der Waals surface area contributed by atoms with Gasteiger partial charge in [0, 0.05) is 0 Å². The Hall–Kier alpha value is -0.275. The lowest BCUT2D eigenvalue weighted by molar-refractivity contribution is 0.00578. The number of hydrogen-bond donors (Lipinski definition) is 0. The predicted octanol–water partition coefficient (Wildman–Crippen LogP) is 3.22. The molecular weight excluding hydrogens is 187 g/mol. The fourth-order valence-electron chi connectivity index (χ4n) is 1.36. The van der Waals surface area contributed by atoms with Crippen molar-refractivity contribution < 1.29 is 9.31 Å². The maximum Gasteiger partial charge on any atom is 0.487 e. The Kier molecular flexibility index (Phi) is 3.37. The summed E-state index contributed by atoms with van der Waals surface area (Å²) in [5, 5.41) is 0. The molecular formula is C12H23BO2. The van der Waals surface area contributed by atoms with Gasteiger partial charge in [-0.15, -0.1) is 0 Å². The monoisotopic (exact) mass is 210 g/mol. The van der Waals surface area contributed by atoms with Gasteiger partial charge in [-0.1, -0.05) is 25.4 Å². The molecule has 0 aromatic rings. The van der Waals surface area contributed by atoms with Crippen LogP contribution in [-0.4, -0.2) is 18.3 Å². The maximum atomic E-state index is 5.89. The summed E-state index contributed by atoms with van der Waals surface area (Å²) in [7, 11) is -0.197. The Bertz CT molecular complexity index is 251. The fraction of sp³-hybridized carbons (Fsp3) is 0.833. The van der Waals surface area contributed by atoms with Crippen LogP contribution in [0.15, 0.2) is 11.5 Å². The number of allylic oxidation sites excluding steroid dienone is 1. The van der Waals surface area contributed by atoms with Crippen LogP contribution in [0.4, 0.5) is 0 Å². The molecule has 1 rings (SSSR count). The Morgan fingerprint density at radius 3 is 1.80 bits per heavy atom. The van der Waals surface area contributed by atoms with Crippen molar-refractivity contribution in [2.24, 2.45) is 5.92 Å². The molecule has 0 bridgehead atoms. The van der Waals surface area contributed by atoms with E-state index in [2.05, 4.69) is 54.4 Å². The molecule has 0 spiro atoms. The molecule has 1 heterocycles. The van der Waals surface area contributed by atoms with Gasteiger partial charge < -0.3 is 9.31 Å². The quantitative estimate of drug-likeness (QED) is 0.651. The van der Waals surface area contributed by atoms with Crippen LogP contribution >= 0.6 is 0 Å². The van der Waals surface area contributed by atoms with E-state index in [0.29, 0.717) is 5.92 Å². The minimum absolute atomic E-state index is 0.197. The minimum Gasteiger partial charge on any atom is -0.400 e. The largest absolute Gasteiger partial charge is 0.487 e. The molecule has 0 unspecified atom stereocenters. The van der Waals surface area contributed by atoms with Crippen LogP contribution in [0.25, 0.3) is 0 Å². The van der Waals surface area contributed by atoms with Crippen LogP contribution in [0.2, 0.25) is 0 Å². The van der Waals surface area contributed by atoms with Crippen LogP contribution in [0.5, 0.6) is 0 Å². The SMILES string of the molecule is CC(=CB1OC(C)(C)C(C)(C)O1)C(C)C. The molecule has 0 aromatic heterocycles. The molecule has 0 atom stereocenters. The van der Waals surface area contributed by atoms with Crippen molar-refractivity contribution in [2.75, 3.05) is 0 Å². The Balaban J connectivity index is 2.76. The van der Waals surface area contributed by atoms with Crippen LogP contribution in [0, 0.1) is 5.92 Å². The van der Waals surface area contributed by atoms with Gasteiger partial charge >= 0.3 is 7.12 Å². The molecule has 3 heteroatoms. The van der Waals surface area contributed by atoms with E-state index in [1.54, 1.807) is 0 Å². The van der Waals surface area contributed by atoms with Crippen LogP contribution in [0.1, 0.15) is 48.5 Å². The van der Waals surface area contributed by atoms with E-state index in [1.165, 1.54) is 5.57 Å². The summed E-state index contributed by atoms with van der Waals surface area (Å²) in [5.41, 5.74) is 0.852. The highest BCUT2D eigenvalue weighted by molar-refractivity contribution is 6.51. The standard InChI is InChI=1S/C12H23BO2/c1-9(2)10(3)8-13-14-11(4,5)12(6,7)15-13/h8-9H,1-7H3. The van der Waals surface area contributed by atoms with Crippen LogP contribution in [-0.2, 0) is 9.31 Å². The molecule has 15 heavy (non-hydrogen) atoms. The van der Waals surface area contributed by atoms with Gasteiger partial charge in [0.2, 0.25) is 0 Å². The third-order valence-corrected chi connectivity index (χ3v) is 3.58. The number of hydrogen-bond acceptors (Lipinski definition) is 2. The molecule has 1 aliphatic heterocycles. The highest BCUT2D eigenvalue weighted by Crippen LogP contribution is 2.37. The highest BCUT2D eigenvalue weighted by Gasteiger charge is 2.50. The Morgan fingerprint density at radius 1 is 1.07 bits per heavy atom. The molecule has 0 aromatic carbocycles. The van der Waals surface area contributed by atoms with Crippen molar-refractivity contribution in [3.8, 4) is 0 Å². The maximum absolute atomic E-state index is 5.89. The van der Waals surface area contributed by atoms with Gasteiger partial charge in [-0.25, -0.2) is 0 Å². The molecule has 1 fully saturated rings. The zero-order chi connectivity index (χ0) is 11.9. The lowest BCUT2D eigenvalue weighted by Gasteiger charge is -2.32. The van der Waals surface area contributed by atoms with Gasteiger partial charge in [-0.05, 0) is 40.5 Å². The molecule has 2 nitrogen and oxygen atoms in total. The smallest absolute Gasteiger partial charge is 0.400 e. The van der Waals surface area contributed by atoms with Gasteiger partial charge in [0.15, 0.2) is 0 Å². The van der Waals surface area contributed by atoms with Crippen molar-refractivity contribution in [1.29, 1.82) is 0 Å². The third kappa shape index (κ3) is 2.64. The summed E-state index contributed by atoms with van der Waals surface area (Å²) in [6, 6.07) is 0. The summed E-state index contributed by atoms with van der Waals surface area (Å²) < 4.78 is 11.8. The van der Waals surface area contributed by atoms with E-state index < -0.39 is 0 Å². The molecule has 86 valence electrons. The van der Waals surface area contributed by atoms with Crippen molar-refractivity contribution in [3.63, 3.8) is 0 Å². The van der Waals surface area contributed by atoms with Crippen molar-refractivity contribution in [1.82, 2.24) is 0 Å². The average Bonchev–Trinajstić information content (AvgIpc) is 2.19. The van der Waals surface area contributed by atoms with E-state index in [0.717, 1.165) is 0 Å². The average molecular weight is 210 g/mol. The van der Waals surface area contributed by atoms with Crippen molar-refractivity contribution in [2.45, 2.75) is 59.7 Å². The molecule has 0 saturated carbocycles. The number of rotatable bonds is 2. The van der Waals surface area contributed by atoms with Gasteiger partial charge in [0.1, 0.15) is 0 Å². The molecule has 0 N–H and O–H groups in total. The van der Waals surface area contributed by atoms with Crippen LogP contribution < -0.4 is 0 Å². The van der Waals surface area contributed by atoms with Gasteiger partial charge in [0.25, 0.3) is 0 Å². The molecule has 0 radical (unpaired) electrons. The normalized spacial score (nSPS) is 25.1. The first-order valence-electron chi connectivity index (χ1n) is 5.70. The van der Waals surface area contributed by atoms with Crippen molar-refractivity contribution >= 4 is 7.12 Å². The minimum atomic E-state index is -0.231. The Morgan fingerprint density at radius 2 is 1.47 bits per heavy atom. The van der Waals surface area contributed by atoms with E-state index >= 15 is 0 Å². The summed E-state index contributed by atoms with van der Waals surface area (Å²) in [6.45, 7) is 14.8. The summed E-state index contributed by atoms with van der Waals surface area (Å²) >= 11 is 0. The fourth-order valence-corrected chi connectivity index (χ4v) is 1.36. The lowest BCUT2D eigenvalue weighted by atomic mass is 9.84. The summed E-state index contributed by atoms with van der Waals surface area (Å²) in [4.78, 5) is 0. The van der Waals surface area contributed by atoms with E-state index in [9.17, 15) is 0 Å². The van der Waals surface area contributed by atoms with Gasteiger partial charge in [-0.2, -0.15) is 0 Å². The molecule has 0 amide bonds. The second-order valence-electron chi connectivity index (χ2n) is 5.69. The zero-order valence-corrected chi connectivity index (χ0v) is 11.0. The lowest BCUT2D eigenvalue weighted by Crippen LogP contribution is -2.41. The third-order valence-electron chi connectivity index (χ3n) is 3.58. The second kappa shape index (κ2) is 3.95. The summed E-state index contributed by atoms with van der Waals surface area (Å²) in [5.74, 6) is 2.63. The topological polar surface area (TPSA) is 18.5 Å². The molecule has 0 aliphatic carbocycles. The van der Waals surface area contributed by atoms with Crippen LogP contribution in [0.3, 0.4) is 0 Å². The zero-order valence-electron chi connectivity index (χ0n) is 11.0. The first kappa shape index (κ1) is 12.8. The first-order chi connectivity index (χ1) is 6.66. The Labute approximate surface area is 94.2 Å². The molecule has 1 saturated heterocycles. The highest BCUT2D eigenvalue weighted by atomic mass is 16.7. The van der Waals surface area contributed by atoms with Gasteiger partial charge in [0.05, 0.1) is 11.2 Å². The van der Waals surface area contributed by atoms with E-state index in [1.807, 2.05) is 0 Å². The van der Waals surface area contributed by atoms with Gasteiger partial charge in [-0.3, -0.25) is 0 Å². The first-order valence-corrected chi connectivity index (χ1v) is 5.70. The molecule has 1 aliphatic rings. The summed E-state index contributed by atoms with van der Waals surface area (Å²) in [6.07, 6.45) is 0. The van der Waals surface area contributed by atoms with E-state index in [-0.39, 0.29) is 18.3 Å².